The Labute approximate surface area is 87.7 Å². The molecule has 0 heterocycles. The van der Waals surface area contributed by atoms with Crippen molar-refractivity contribution in [1.82, 2.24) is 0 Å². The van der Waals surface area contributed by atoms with E-state index in [9.17, 15) is 5.11 Å². The van der Waals surface area contributed by atoms with Crippen molar-refractivity contribution in [3.63, 3.8) is 0 Å². The topological polar surface area (TPSA) is 40.5 Å². The van der Waals surface area contributed by atoms with Crippen LogP contribution in [-0.4, -0.2) is 22.4 Å². The predicted octanol–water partition coefficient (Wildman–Crippen LogP) is 2.65. The molecule has 0 bridgehead atoms. The quantitative estimate of drug-likeness (QED) is 0.591. The zero-order valence-corrected chi connectivity index (χ0v) is 9.55. The van der Waals surface area contributed by atoms with Gasteiger partial charge < -0.3 is 10.2 Å². The van der Waals surface area contributed by atoms with Crippen LogP contribution in [0.4, 0.5) is 0 Å². The van der Waals surface area contributed by atoms with Gasteiger partial charge in [-0.25, -0.2) is 0 Å². The van der Waals surface area contributed by atoms with Crippen LogP contribution >= 0.6 is 0 Å². The minimum absolute atomic E-state index is 0.107. The Morgan fingerprint density at radius 1 is 1.14 bits per heavy atom. The molecule has 0 spiro atoms. The van der Waals surface area contributed by atoms with Crippen molar-refractivity contribution in [2.45, 2.75) is 58.0 Å². The van der Waals surface area contributed by atoms with Crippen molar-refractivity contribution in [3.05, 3.63) is 12.2 Å². The summed E-state index contributed by atoms with van der Waals surface area (Å²) in [6.45, 7) is 7.84. The number of rotatable bonds is 8. The summed E-state index contributed by atoms with van der Waals surface area (Å²) in [5, 5.41) is 19.3. The van der Waals surface area contributed by atoms with E-state index < -0.39 is 5.60 Å². The average Bonchev–Trinajstić information content (AvgIpc) is 2.22. The third-order valence-electron chi connectivity index (χ3n) is 2.74. The molecule has 0 aromatic carbocycles. The fraction of sp³-hybridized carbons (Fsp3) is 0.833. The number of aliphatic hydroxyl groups excluding tert-OH is 1. The molecule has 0 atom stereocenters. The van der Waals surface area contributed by atoms with Crippen molar-refractivity contribution in [1.29, 1.82) is 0 Å². The maximum atomic E-state index is 10.3. The molecule has 0 aliphatic carbocycles. The van der Waals surface area contributed by atoms with Crippen LogP contribution in [0, 0.1) is 0 Å². The fourth-order valence-corrected chi connectivity index (χ4v) is 1.56. The minimum atomic E-state index is -0.833. The average molecular weight is 200 g/mol. The Balaban J connectivity index is 4.24. The van der Waals surface area contributed by atoms with Gasteiger partial charge in [-0.05, 0) is 18.4 Å². The third-order valence-corrected chi connectivity index (χ3v) is 2.74. The molecule has 0 saturated heterocycles. The highest BCUT2D eigenvalue weighted by Gasteiger charge is 2.28. The molecular weight excluding hydrogens is 176 g/mol. The van der Waals surface area contributed by atoms with E-state index in [1.54, 1.807) is 0 Å². The van der Waals surface area contributed by atoms with Crippen molar-refractivity contribution >= 4 is 0 Å². The summed E-state index contributed by atoms with van der Waals surface area (Å²) in [5.41, 5.74) is -0.264. The highest BCUT2D eigenvalue weighted by atomic mass is 16.3. The summed E-state index contributed by atoms with van der Waals surface area (Å²) < 4.78 is 0. The van der Waals surface area contributed by atoms with Crippen molar-refractivity contribution in [3.8, 4) is 0 Å². The lowest BCUT2D eigenvalue weighted by Crippen LogP contribution is -2.32. The molecule has 0 fully saturated rings. The first kappa shape index (κ1) is 13.7. The monoisotopic (exact) mass is 200 g/mol. The predicted molar refractivity (Wildman–Crippen MR) is 60.2 cm³/mol. The zero-order valence-electron chi connectivity index (χ0n) is 9.55. The molecule has 0 unspecified atom stereocenters. The van der Waals surface area contributed by atoms with E-state index in [2.05, 4.69) is 20.4 Å². The van der Waals surface area contributed by atoms with E-state index in [0.717, 1.165) is 38.5 Å². The summed E-state index contributed by atoms with van der Waals surface area (Å²) in [4.78, 5) is 0. The van der Waals surface area contributed by atoms with Crippen LogP contribution in [0.1, 0.15) is 52.4 Å². The number of aliphatic hydroxyl groups is 2. The number of unbranched alkanes of at least 4 members (excludes halogenated alkanes) is 2. The van der Waals surface area contributed by atoms with E-state index >= 15 is 0 Å². The first-order valence-electron chi connectivity index (χ1n) is 5.62. The Morgan fingerprint density at radius 2 is 1.57 bits per heavy atom. The van der Waals surface area contributed by atoms with Crippen LogP contribution in [-0.2, 0) is 0 Å². The standard InChI is InChI=1S/C12H24O2/c1-4-6-8-12(14,9-7-5-2)11(3)10-13/h13-14H,3-10H2,1-2H3. The molecule has 0 saturated carbocycles. The van der Waals surface area contributed by atoms with Gasteiger partial charge in [0, 0.05) is 0 Å². The Bertz CT molecular complexity index is 156. The minimum Gasteiger partial charge on any atom is -0.392 e. The van der Waals surface area contributed by atoms with Crippen molar-refractivity contribution in [2.24, 2.45) is 0 Å². The van der Waals surface area contributed by atoms with Crippen LogP contribution in [0.3, 0.4) is 0 Å². The molecule has 0 aliphatic rings. The normalized spacial score (nSPS) is 11.7. The molecular formula is C12H24O2. The molecule has 2 N–H and O–H groups in total. The molecule has 0 aliphatic heterocycles. The highest BCUT2D eigenvalue weighted by molar-refractivity contribution is 5.12. The van der Waals surface area contributed by atoms with Gasteiger partial charge in [0.25, 0.3) is 0 Å². The van der Waals surface area contributed by atoms with Crippen LogP contribution in [0.15, 0.2) is 12.2 Å². The lowest BCUT2D eigenvalue weighted by atomic mass is 9.85. The SMILES string of the molecule is C=C(CO)C(O)(CCCC)CCCC. The van der Waals surface area contributed by atoms with E-state index in [4.69, 9.17) is 5.11 Å². The van der Waals surface area contributed by atoms with E-state index in [-0.39, 0.29) is 6.61 Å². The van der Waals surface area contributed by atoms with Gasteiger partial charge in [-0.3, -0.25) is 0 Å². The van der Waals surface area contributed by atoms with Gasteiger partial charge >= 0.3 is 0 Å². The lowest BCUT2D eigenvalue weighted by molar-refractivity contribution is 0.0449. The van der Waals surface area contributed by atoms with Gasteiger partial charge in [-0.2, -0.15) is 0 Å². The molecule has 0 aromatic rings. The maximum Gasteiger partial charge on any atom is 0.0876 e. The molecule has 0 radical (unpaired) electrons. The van der Waals surface area contributed by atoms with Crippen LogP contribution < -0.4 is 0 Å². The third kappa shape index (κ3) is 4.25. The summed E-state index contributed by atoms with van der Waals surface area (Å²) >= 11 is 0. The Hall–Kier alpha value is -0.340. The molecule has 0 rings (SSSR count). The molecule has 2 nitrogen and oxygen atoms in total. The van der Waals surface area contributed by atoms with Gasteiger partial charge in [0.05, 0.1) is 12.2 Å². The van der Waals surface area contributed by atoms with Gasteiger partial charge in [-0.15, -0.1) is 0 Å². The van der Waals surface area contributed by atoms with Gasteiger partial charge in [0.15, 0.2) is 0 Å². The number of hydrogen-bond acceptors (Lipinski definition) is 2. The second-order valence-corrected chi connectivity index (χ2v) is 4.00. The summed E-state index contributed by atoms with van der Waals surface area (Å²) in [6, 6.07) is 0. The first-order chi connectivity index (χ1) is 6.60. The van der Waals surface area contributed by atoms with E-state index in [1.165, 1.54) is 0 Å². The molecule has 14 heavy (non-hydrogen) atoms. The smallest absolute Gasteiger partial charge is 0.0876 e. The molecule has 2 heteroatoms. The maximum absolute atomic E-state index is 10.3. The fourth-order valence-electron chi connectivity index (χ4n) is 1.56. The summed E-state index contributed by atoms with van der Waals surface area (Å²) in [7, 11) is 0. The van der Waals surface area contributed by atoms with Crippen LogP contribution in [0.5, 0.6) is 0 Å². The van der Waals surface area contributed by atoms with Crippen molar-refractivity contribution in [2.75, 3.05) is 6.61 Å². The number of hydrogen-bond donors (Lipinski definition) is 2. The van der Waals surface area contributed by atoms with Crippen LogP contribution in [0.2, 0.25) is 0 Å². The van der Waals surface area contributed by atoms with Gasteiger partial charge in [-0.1, -0.05) is 46.1 Å². The molecule has 0 aromatic heterocycles. The zero-order chi connectivity index (χ0) is 11.0. The first-order valence-corrected chi connectivity index (χ1v) is 5.62. The van der Waals surface area contributed by atoms with Crippen molar-refractivity contribution < 1.29 is 10.2 Å². The highest BCUT2D eigenvalue weighted by Crippen LogP contribution is 2.27. The van der Waals surface area contributed by atoms with Gasteiger partial charge in [0.1, 0.15) is 0 Å². The van der Waals surface area contributed by atoms with E-state index in [0.29, 0.717) is 5.57 Å². The molecule has 0 amide bonds. The second kappa shape index (κ2) is 7.02. The summed E-state index contributed by atoms with van der Waals surface area (Å²) in [6.07, 6.45) is 5.55. The largest absolute Gasteiger partial charge is 0.392 e. The van der Waals surface area contributed by atoms with Crippen LogP contribution in [0.25, 0.3) is 0 Å². The Kier molecular flexibility index (Phi) is 6.85. The van der Waals surface area contributed by atoms with E-state index in [1.807, 2.05) is 0 Å². The van der Waals surface area contributed by atoms with Gasteiger partial charge in [0.2, 0.25) is 0 Å². The Morgan fingerprint density at radius 3 is 1.86 bits per heavy atom. The summed E-state index contributed by atoms with van der Waals surface area (Å²) in [5.74, 6) is 0. The molecule has 84 valence electrons. The lowest BCUT2D eigenvalue weighted by Gasteiger charge is -2.29. The second-order valence-electron chi connectivity index (χ2n) is 4.00.